The van der Waals surface area contributed by atoms with Crippen molar-refractivity contribution >= 4 is 28.0 Å². The fraction of sp³-hybridized carbons (Fsp3) is 0.167. The van der Waals surface area contributed by atoms with Crippen LogP contribution < -0.4 is 14.8 Å². The van der Waals surface area contributed by atoms with Crippen LogP contribution in [0.25, 0.3) is 0 Å². The molecular formula is C24H23N3O7S. The molecule has 0 spiro atoms. The minimum absolute atomic E-state index is 0.0740. The average molecular weight is 498 g/mol. The molecule has 1 heterocycles. The molecule has 0 aliphatic heterocycles. The van der Waals surface area contributed by atoms with Gasteiger partial charge in [0.1, 0.15) is 0 Å². The molecule has 0 atom stereocenters. The van der Waals surface area contributed by atoms with E-state index >= 15 is 0 Å². The van der Waals surface area contributed by atoms with Crippen molar-refractivity contribution in [1.29, 1.82) is 0 Å². The summed E-state index contributed by atoms with van der Waals surface area (Å²) in [6.07, 6.45) is -0.275. The zero-order valence-electron chi connectivity index (χ0n) is 18.9. The molecule has 0 saturated heterocycles. The molecule has 10 nitrogen and oxygen atoms in total. The number of benzene rings is 2. The maximum Gasteiger partial charge on any atom is 0.515 e. The minimum atomic E-state index is -4.21. The smallest absolute Gasteiger partial charge is 0.431 e. The van der Waals surface area contributed by atoms with E-state index in [1.165, 1.54) is 36.4 Å². The topological polar surface area (TPSA) is 141 Å². The number of amides is 2. The van der Waals surface area contributed by atoms with Gasteiger partial charge < -0.3 is 14.8 Å². The maximum atomic E-state index is 12.6. The number of nitrogens with zero attached hydrogens (tertiary/aromatic N) is 1. The monoisotopic (exact) mass is 497 g/mol. The maximum absolute atomic E-state index is 12.6. The molecule has 3 aromatic rings. The molecule has 1 aromatic heterocycles. The number of nitrogens with one attached hydrogen (secondary N) is 2. The van der Waals surface area contributed by atoms with Gasteiger partial charge in [-0.25, -0.2) is 22.9 Å². The Kier molecular flexibility index (Phi) is 8.16. The number of pyridine rings is 1. The van der Waals surface area contributed by atoms with Crippen molar-refractivity contribution in [3.05, 3.63) is 89.6 Å². The van der Waals surface area contributed by atoms with Crippen molar-refractivity contribution in [2.24, 2.45) is 0 Å². The van der Waals surface area contributed by atoms with Crippen LogP contribution in [0.5, 0.6) is 5.88 Å². The predicted molar refractivity (Wildman–Crippen MR) is 125 cm³/mol. The van der Waals surface area contributed by atoms with Crippen LogP contribution in [0.4, 0.5) is 4.79 Å². The molecule has 0 aliphatic carbocycles. The number of hydrogen-bond donors (Lipinski definition) is 2. The molecule has 182 valence electrons. The quantitative estimate of drug-likeness (QED) is 0.453. The Hall–Kier alpha value is -4.25. The van der Waals surface area contributed by atoms with E-state index in [-0.39, 0.29) is 33.9 Å². The van der Waals surface area contributed by atoms with Gasteiger partial charge in [-0.1, -0.05) is 30.3 Å². The van der Waals surface area contributed by atoms with Crippen molar-refractivity contribution in [2.45, 2.75) is 31.4 Å². The van der Waals surface area contributed by atoms with Crippen LogP contribution in [0.15, 0.2) is 77.8 Å². The molecule has 11 heteroatoms. The number of aromatic nitrogens is 1. The summed E-state index contributed by atoms with van der Waals surface area (Å²) in [5.74, 6) is -1.41. The highest BCUT2D eigenvalue weighted by atomic mass is 32.2. The van der Waals surface area contributed by atoms with Gasteiger partial charge in [0.15, 0.2) is 0 Å². The van der Waals surface area contributed by atoms with Crippen LogP contribution in [0, 0.1) is 0 Å². The van der Waals surface area contributed by atoms with Gasteiger partial charge >= 0.3 is 6.16 Å². The number of carbonyl (C=O) groups is 3. The van der Waals surface area contributed by atoms with Crippen LogP contribution in [0.2, 0.25) is 0 Å². The van der Waals surface area contributed by atoms with Gasteiger partial charge in [-0.15, -0.1) is 0 Å². The van der Waals surface area contributed by atoms with Gasteiger partial charge in [-0.2, -0.15) is 0 Å². The Morgan fingerprint density at radius 3 is 2.14 bits per heavy atom. The summed E-state index contributed by atoms with van der Waals surface area (Å²) in [6.45, 7) is 3.63. The van der Waals surface area contributed by atoms with E-state index < -0.39 is 22.1 Å². The molecular weight excluding hydrogens is 474 g/mol. The van der Waals surface area contributed by atoms with Crippen molar-refractivity contribution in [2.75, 3.05) is 0 Å². The number of rotatable bonds is 8. The Bertz CT molecular complexity index is 1290. The van der Waals surface area contributed by atoms with Crippen molar-refractivity contribution in [1.82, 2.24) is 15.0 Å². The highest BCUT2D eigenvalue weighted by molar-refractivity contribution is 7.90. The molecule has 35 heavy (non-hydrogen) atoms. The lowest BCUT2D eigenvalue weighted by Gasteiger charge is -2.09. The zero-order chi connectivity index (χ0) is 25.4. The van der Waals surface area contributed by atoms with Gasteiger partial charge in [0.2, 0.25) is 5.88 Å². The first kappa shape index (κ1) is 25.4. The van der Waals surface area contributed by atoms with Crippen LogP contribution in [-0.4, -0.2) is 37.5 Å². The van der Waals surface area contributed by atoms with Gasteiger partial charge in [0.05, 0.1) is 16.6 Å². The molecule has 0 bridgehead atoms. The summed E-state index contributed by atoms with van der Waals surface area (Å²) in [5, 5.41) is 2.75. The van der Waals surface area contributed by atoms with Crippen LogP contribution in [-0.2, 0) is 21.3 Å². The van der Waals surface area contributed by atoms with Gasteiger partial charge in [-0.3, -0.25) is 9.59 Å². The van der Waals surface area contributed by atoms with Crippen molar-refractivity contribution < 1.29 is 32.3 Å². The van der Waals surface area contributed by atoms with Gasteiger partial charge in [-0.05, 0) is 49.7 Å². The fourth-order valence-corrected chi connectivity index (χ4v) is 3.76. The summed E-state index contributed by atoms with van der Waals surface area (Å²) in [6, 6.07) is 17.0. The lowest BCUT2D eigenvalue weighted by Crippen LogP contribution is -2.30. The number of carbonyl (C=O) groups excluding carboxylic acids is 3. The second kappa shape index (κ2) is 11.3. The van der Waals surface area contributed by atoms with Crippen molar-refractivity contribution in [3.8, 4) is 5.88 Å². The molecule has 0 unspecified atom stereocenters. The second-order valence-corrected chi connectivity index (χ2v) is 9.21. The molecule has 0 radical (unpaired) electrons. The normalized spacial score (nSPS) is 10.9. The summed E-state index contributed by atoms with van der Waals surface area (Å²) < 4.78 is 36.8. The van der Waals surface area contributed by atoms with Crippen molar-refractivity contribution in [3.63, 3.8) is 0 Å². The largest absolute Gasteiger partial charge is 0.515 e. The van der Waals surface area contributed by atoms with Crippen LogP contribution in [0.1, 0.15) is 40.1 Å². The average Bonchev–Trinajstić information content (AvgIpc) is 2.83. The predicted octanol–water partition coefficient (Wildman–Crippen LogP) is 3.05. The molecule has 0 aliphatic rings. The van der Waals surface area contributed by atoms with E-state index in [1.54, 1.807) is 13.8 Å². The molecule has 2 amide bonds. The van der Waals surface area contributed by atoms with E-state index in [1.807, 2.05) is 35.1 Å². The third-order valence-corrected chi connectivity index (χ3v) is 5.82. The first-order valence-electron chi connectivity index (χ1n) is 10.5. The standard InChI is InChI=1S/C24H23N3O7S/c1-16(2)33-24(30)34-21-13-10-19(15-25-21)23(29)27-35(31,32)20-11-8-18(9-12-20)22(28)26-14-17-6-4-3-5-7-17/h3-13,15-16H,14H2,1-2H3,(H,26,28)(H,27,29). The van der Waals surface area contributed by atoms with E-state index in [0.717, 1.165) is 11.8 Å². The molecule has 2 N–H and O–H groups in total. The highest BCUT2D eigenvalue weighted by Crippen LogP contribution is 2.13. The Balaban J connectivity index is 1.59. The number of sulfonamides is 1. The summed E-state index contributed by atoms with van der Waals surface area (Å²) in [5.41, 5.74) is 1.12. The van der Waals surface area contributed by atoms with Crippen LogP contribution in [0.3, 0.4) is 0 Å². The van der Waals surface area contributed by atoms with E-state index in [0.29, 0.717) is 6.54 Å². The highest BCUT2D eigenvalue weighted by Gasteiger charge is 2.20. The molecule has 2 aromatic carbocycles. The first-order chi connectivity index (χ1) is 16.6. The number of ether oxygens (including phenoxy) is 2. The number of hydrogen-bond acceptors (Lipinski definition) is 8. The lowest BCUT2D eigenvalue weighted by molar-refractivity contribution is 0.0715. The van der Waals surface area contributed by atoms with Gasteiger partial charge in [0.25, 0.3) is 21.8 Å². The zero-order valence-corrected chi connectivity index (χ0v) is 19.7. The summed E-state index contributed by atoms with van der Waals surface area (Å²) in [4.78, 5) is 39.8. The third-order valence-electron chi connectivity index (χ3n) is 4.47. The first-order valence-corrected chi connectivity index (χ1v) is 12.0. The van der Waals surface area contributed by atoms with E-state index in [4.69, 9.17) is 9.47 Å². The van der Waals surface area contributed by atoms with E-state index in [2.05, 4.69) is 10.3 Å². The Morgan fingerprint density at radius 1 is 0.886 bits per heavy atom. The SMILES string of the molecule is CC(C)OC(=O)Oc1ccc(C(=O)NS(=O)(=O)c2ccc(C(=O)NCc3ccccc3)cc2)cn1. The molecule has 3 rings (SSSR count). The van der Waals surface area contributed by atoms with Crippen LogP contribution >= 0.6 is 0 Å². The lowest BCUT2D eigenvalue weighted by atomic mass is 10.2. The molecule has 0 fully saturated rings. The molecule has 0 saturated carbocycles. The minimum Gasteiger partial charge on any atom is -0.431 e. The second-order valence-electron chi connectivity index (χ2n) is 7.53. The summed E-state index contributed by atoms with van der Waals surface area (Å²) in [7, 11) is -4.21. The Morgan fingerprint density at radius 2 is 1.54 bits per heavy atom. The van der Waals surface area contributed by atoms with Gasteiger partial charge in [0, 0.05) is 24.4 Å². The van der Waals surface area contributed by atoms with E-state index in [9.17, 15) is 22.8 Å². The Labute approximate surface area is 202 Å². The third kappa shape index (κ3) is 7.37. The fourth-order valence-electron chi connectivity index (χ4n) is 2.78. The summed E-state index contributed by atoms with van der Waals surface area (Å²) >= 11 is 0.